The third-order valence-electron chi connectivity index (χ3n) is 16.1. The molecule has 0 saturated heterocycles. The highest BCUT2D eigenvalue weighted by Crippen LogP contribution is 2.51. The maximum absolute atomic E-state index is 7.16. The van der Waals surface area contributed by atoms with Gasteiger partial charge >= 0.3 is 0 Å². The topological polar surface area (TPSA) is 32.8 Å². The molecule has 4 heteroatoms. The number of benzene rings is 14. The van der Waals surface area contributed by atoms with Crippen molar-refractivity contribution in [2.24, 2.45) is 0 Å². The van der Waals surface area contributed by atoms with Crippen molar-refractivity contribution in [2.45, 2.75) is 0 Å². The van der Waals surface area contributed by atoms with Gasteiger partial charge in [0.25, 0.3) is 0 Å². The van der Waals surface area contributed by atoms with Crippen LogP contribution in [0.1, 0.15) is 0 Å². The van der Waals surface area contributed by atoms with Crippen molar-refractivity contribution in [2.75, 3.05) is 9.80 Å². The first-order chi connectivity index (χ1) is 39.7. The molecule has 16 rings (SSSR count). The SMILES string of the molecule is c1ccc(-c2cccc(-c3ccccc3)c2N(c2ccccc2)c2ccc3c(c2)oc2c3cc3ccc4c5oc6cc(N(c7ccccc7)c7c(-c8ccccc8)cccc7-c7ccccc7)ccc6c5cc5ccc2c3c54)cc1. The van der Waals surface area contributed by atoms with E-state index in [1.807, 2.05) is 0 Å². The molecule has 0 aliphatic heterocycles. The van der Waals surface area contributed by atoms with E-state index in [1.165, 1.54) is 10.8 Å². The lowest BCUT2D eigenvalue weighted by Crippen LogP contribution is -2.12. The molecule has 0 unspecified atom stereocenters. The molecule has 374 valence electrons. The zero-order chi connectivity index (χ0) is 52.7. The van der Waals surface area contributed by atoms with Gasteiger partial charge in [-0.25, -0.2) is 0 Å². The number of para-hydroxylation sites is 4. The molecule has 0 aliphatic carbocycles. The van der Waals surface area contributed by atoms with Crippen LogP contribution in [-0.4, -0.2) is 0 Å². The zero-order valence-electron chi connectivity index (χ0n) is 43.4. The van der Waals surface area contributed by atoms with Gasteiger partial charge in [0.2, 0.25) is 0 Å². The normalized spacial score (nSPS) is 11.8. The fourth-order valence-corrected chi connectivity index (χ4v) is 12.6. The van der Waals surface area contributed by atoms with Crippen molar-refractivity contribution >= 4 is 110 Å². The van der Waals surface area contributed by atoms with E-state index in [-0.39, 0.29) is 0 Å². The van der Waals surface area contributed by atoms with E-state index in [0.29, 0.717) is 0 Å². The Morgan fingerprint density at radius 1 is 0.225 bits per heavy atom. The summed E-state index contributed by atoms with van der Waals surface area (Å²) in [6.45, 7) is 0. The molecule has 0 amide bonds. The third-order valence-corrected chi connectivity index (χ3v) is 16.1. The Bertz CT molecular complexity index is 4540. The van der Waals surface area contributed by atoms with Crippen molar-refractivity contribution < 1.29 is 8.83 Å². The Balaban J connectivity index is 0.863. The van der Waals surface area contributed by atoms with Gasteiger partial charge in [-0.1, -0.05) is 206 Å². The Hall–Kier alpha value is -10.7. The molecule has 2 heterocycles. The van der Waals surface area contributed by atoms with Crippen LogP contribution in [-0.2, 0) is 0 Å². The number of hydrogen-bond acceptors (Lipinski definition) is 4. The second-order valence-electron chi connectivity index (χ2n) is 20.7. The number of hydrogen-bond donors (Lipinski definition) is 0. The van der Waals surface area contributed by atoms with Gasteiger partial charge in [0.15, 0.2) is 0 Å². The van der Waals surface area contributed by atoms with Crippen LogP contribution in [0.5, 0.6) is 0 Å². The fraction of sp³-hybridized carbons (Fsp3) is 0. The summed E-state index contributed by atoms with van der Waals surface area (Å²) in [5.74, 6) is 0. The quantitative estimate of drug-likeness (QED) is 0.128. The highest BCUT2D eigenvalue weighted by Gasteiger charge is 2.26. The Kier molecular flexibility index (Phi) is 10.5. The van der Waals surface area contributed by atoms with E-state index in [4.69, 9.17) is 8.83 Å². The van der Waals surface area contributed by atoms with E-state index in [0.717, 1.165) is 144 Å². The number of anilines is 6. The molecule has 14 aromatic carbocycles. The first-order valence-electron chi connectivity index (χ1n) is 27.3. The van der Waals surface area contributed by atoms with Crippen molar-refractivity contribution in [1.82, 2.24) is 0 Å². The molecule has 0 atom stereocenters. The van der Waals surface area contributed by atoms with Crippen molar-refractivity contribution in [3.8, 4) is 44.5 Å². The molecule has 4 nitrogen and oxygen atoms in total. The minimum Gasteiger partial charge on any atom is -0.455 e. The summed E-state index contributed by atoms with van der Waals surface area (Å²) >= 11 is 0. The second-order valence-corrected chi connectivity index (χ2v) is 20.7. The lowest BCUT2D eigenvalue weighted by molar-refractivity contribution is 0.672. The Morgan fingerprint density at radius 3 is 0.875 bits per heavy atom. The molecule has 0 bridgehead atoms. The third kappa shape index (κ3) is 7.31. The van der Waals surface area contributed by atoms with Gasteiger partial charge in [-0.15, -0.1) is 0 Å². The van der Waals surface area contributed by atoms with Crippen LogP contribution in [0.2, 0.25) is 0 Å². The molecule has 0 radical (unpaired) electrons. The van der Waals surface area contributed by atoms with Gasteiger partial charge < -0.3 is 18.6 Å². The molecular weight excluding hydrogens is 973 g/mol. The molecule has 0 aliphatic rings. The highest BCUT2D eigenvalue weighted by atomic mass is 16.3. The molecule has 0 saturated carbocycles. The average molecular weight is 1020 g/mol. The molecular formula is C76H48N2O2. The summed E-state index contributed by atoms with van der Waals surface area (Å²) in [7, 11) is 0. The summed E-state index contributed by atoms with van der Waals surface area (Å²) in [5, 5.41) is 11.2. The smallest absolute Gasteiger partial charge is 0.143 e. The van der Waals surface area contributed by atoms with Crippen LogP contribution in [0.15, 0.2) is 300 Å². The number of rotatable bonds is 10. The average Bonchev–Trinajstić information content (AvgIpc) is 4.19. The maximum atomic E-state index is 7.16. The van der Waals surface area contributed by atoms with Crippen molar-refractivity contribution in [1.29, 1.82) is 0 Å². The maximum Gasteiger partial charge on any atom is 0.143 e. The van der Waals surface area contributed by atoms with Crippen LogP contribution < -0.4 is 9.80 Å². The largest absolute Gasteiger partial charge is 0.455 e. The standard InChI is InChI=1S/C76H48N2O2/c1-7-21-49(22-8-1)59-33-19-34-60(50-23-9-2-10-24-50)73(59)77(55-29-15-5-16-30-55)57-39-43-63-67-45-53-38-42-66-72-54(37-41-65(71(53)72)75(67)79-69(63)47-57)46-68-64-44-40-58(48-70(64)80-76(66)68)78(56-31-17-6-18-32-56)74-61(51-25-11-3-12-26-51)35-20-36-62(74)52-27-13-4-14-28-52/h1-48H. The van der Waals surface area contributed by atoms with E-state index < -0.39 is 0 Å². The van der Waals surface area contributed by atoms with Crippen LogP contribution in [0, 0.1) is 0 Å². The number of nitrogens with zero attached hydrogens (tertiary/aromatic N) is 2. The summed E-state index contributed by atoms with van der Waals surface area (Å²) in [6, 6.07) is 105. The minimum absolute atomic E-state index is 0.828. The Morgan fingerprint density at radius 2 is 0.537 bits per heavy atom. The summed E-state index contributed by atoms with van der Waals surface area (Å²) < 4.78 is 14.3. The summed E-state index contributed by atoms with van der Waals surface area (Å²) in [4.78, 5) is 4.79. The van der Waals surface area contributed by atoms with Gasteiger partial charge in [-0.2, -0.15) is 0 Å². The summed E-state index contributed by atoms with van der Waals surface area (Å²) in [5.41, 5.74) is 18.9. The predicted octanol–water partition coefficient (Wildman–Crippen LogP) is 22.0. The van der Waals surface area contributed by atoms with E-state index in [2.05, 4.69) is 301 Å². The van der Waals surface area contributed by atoms with Gasteiger partial charge in [0, 0.05) is 100 Å². The lowest BCUT2D eigenvalue weighted by atomic mass is 9.91. The molecule has 0 spiro atoms. The molecule has 2 aromatic heterocycles. The second kappa shape index (κ2) is 18.5. The summed E-state index contributed by atoms with van der Waals surface area (Å²) in [6.07, 6.45) is 0. The van der Waals surface area contributed by atoms with E-state index >= 15 is 0 Å². The van der Waals surface area contributed by atoms with Crippen LogP contribution in [0.3, 0.4) is 0 Å². The first kappa shape index (κ1) is 45.5. The van der Waals surface area contributed by atoms with E-state index in [9.17, 15) is 0 Å². The van der Waals surface area contributed by atoms with Gasteiger partial charge in [-0.05, 0) is 106 Å². The van der Waals surface area contributed by atoms with E-state index in [1.54, 1.807) is 0 Å². The van der Waals surface area contributed by atoms with Crippen molar-refractivity contribution in [3.05, 3.63) is 291 Å². The van der Waals surface area contributed by atoms with Gasteiger partial charge in [0.1, 0.15) is 22.3 Å². The molecule has 80 heavy (non-hydrogen) atoms. The first-order valence-corrected chi connectivity index (χ1v) is 27.3. The van der Waals surface area contributed by atoms with Crippen LogP contribution in [0.4, 0.5) is 34.1 Å². The number of fused-ring (bicyclic) bond motifs is 8. The van der Waals surface area contributed by atoms with Crippen LogP contribution in [0.25, 0.3) is 121 Å². The Labute approximate surface area is 462 Å². The van der Waals surface area contributed by atoms with Crippen molar-refractivity contribution in [3.63, 3.8) is 0 Å². The minimum atomic E-state index is 0.828. The lowest BCUT2D eigenvalue weighted by Gasteiger charge is -2.30. The van der Waals surface area contributed by atoms with Crippen LogP contribution >= 0.6 is 0 Å². The zero-order valence-corrected chi connectivity index (χ0v) is 43.4. The van der Waals surface area contributed by atoms with Gasteiger partial charge in [0.05, 0.1) is 11.4 Å². The predicted molar refractivity (Wildman–Crippen MR) is 336 cm³/mol. The van der Waals surface area contributed by atoms with Gasteiger partial charge in [-0.3, -0.25) is 0 Å². The molecule has 16 aromatic rings. The highest BCUT2D eigenvalue weighted by molar-refractivity contribution is 6.34. The number of furan rings is 2. The molecule has 0 fully saturated rings. The fourth-order valence-electron chi connectivity index (χ4n) is 12.6. The molecule has 0 N–H and O–H groups in total. The monoisotopic (exact) mass is 1020 g/mol.